The summed E-state index contributed by atoms with van der Waals surface area (Å²) >= 11 is 0. The summed E-state index contributed by atoms with van der Waals surface area (Å²) in [4.78, 5) is 34.6. The summed E-state index contributed by atoms with van der Waals surface area (Å²) in [5.41, 5.74) is 3.67. The molecule has 2 aromatic heterocycles. The Morgan fingerprint density at radius 3 is 2.50 bits per heavy atom. The summed E-state index contributed by atoms with van der Waals surface area (Å²) in [5.74, 6) is 1.13. The number of rotatable bonds is 12. The standard InChI is InChI=1S/C37H41N5O4/c1-39(19-20-45-2)37(44)35-25-40(24-34(35)33-14-8-10-29-9-6-7-13-32(29)33)23-30-21-38-27-42(30)22-28-15-17-41(18-16-28)36(43)26-46-31-11-4-3-5-12-31/h3-14,21,24-25,27-28H,15-20,22-23,26H2,1-2H3. The second-order valence-corrected chi connectivity index (χ2v) is 12.0. The average Bonchev–Trinajstić information content (AvgIpc) is 3.72. The summed E-state index contributed by atoms with van der Waals surface area (Å²) in [6.45, 7) is 3.90. The van der Waals surface area contributed by atoms with Gasteiger partial charge in [-0.25, -0.2) is 4.98 Å². The third kappa shape index (κ3) is 7.15. The molecule has 1 fully saturated rings. The van der Waals surface area contributed by atoms with Crippen LogP contribution in [-0.4, -0.2) is 82.7 Å². The fraction of sp³-hybridized carbons (Fsp3) is 0.324. The molecular formula is C37H41N5O4. The molecule has 0 spiro atoms. The quantitative estimate of drug-likeness (QED) is 0.182. The van der Waals surface area contributed by atoms with Gasteiger partial charge in [0.1, 0.15) is 5.75 Å². The van der Waals surface area contributed by atoms with Crippen LogP contribution in [0.4, 0.5) is 0 Å². The topological polar surface area (TPSA) is 81.8 Å². The van der Waals surface area contributed by atoms with Crippen molar-refractivity contribution in [3.63, 3.8) is 0 Å². The lowest BCUT2D eigenvalue weighted by molar-refractivity contribution is -0.134. The average molecular weight is 620 g/mol. The molecule has 0 radical (unpaired) electrons. The fourth-order valence-electron chi connectivity index (χ4n) is 6.21. The number of hydrogen-bond acceptors (Lipinski definition) is 5. The second-order valence-electron chi connectivity index (χ2n) is 12.0. The first-order valence-electron chi connectivity index (χ1n) is 15.9. The van der Waals surface area contributed by atoms with Crippen LogP contribution in [0.2, 0.25) is 0 Å². The third-order valence-corrected chi connectivity index (χ3v) is 8.84. The van der Waals surface area contributed by atoms with Gasteiger partial charge in [-0.05, 0) is 47.2 Å². The van der Waals surface area contributed by atoms with Gasteiger partial charge >= 0.3 is 0 Å². The number of para-hydroxylation sites is 1. The van der Waals surface area contributed by atoms with E-state index in [1.165, 1.54) is 0 Å². The molecule has 0 unspecified atom stereocenters. The van der Waals surface area contributed by atoms with Gasteiger partial charge in [0.2, 0.25) is 0 Å². The van der Waals surface area contributed by atoms with Crippen molar-refractivity contribution in [2.75, 3.05) is 47.0 Å². The van der Waals surface area contributed by atoms with Crippen LogP contribution >= 0.6 is 0 Å². The SMILES string of the molecule is COCCN(C)C(=O)c1cn(Cc2cncn2CC2CCN(C(=O)COc3ccccc3)CC2)cc1-c1cccc2ccccc12. The third-order valence-electron chi connectivity index (χ3n) is 8.84. The number of aromatic nitrogens is 3. The maximum Gasteiger partial charge on any atom is 0.260 e. The number of amides is 2. The van der Waals surface area contributed by atoms with Crippen LogP contribution in [0.1, 0.15) is 28.9 Å². The van der Waals surface area contributed by atoms with Crippen LogP contribution in [-0.2, 0) is 22.6 Å². The van der Waals surface area contributed by atoms with Gasteiger partial charge in [0.25, 0.3) is 11.8 Å². The van der Waals surface area contributed by atoms with Gasteiger partial charge in [-0.2, -0.15) is 0 Å². The van der Waals surface area contributed by atoms with E-state index < -0.39 is 0 Å². The number of methoxy groups -OCH3 is 1. The molecule has 2 amide bonds. The van der Waals surface area contributed by atoms with Crippen molar-refractivity contribution < 1.29 is 19.1 Å². The fourth-order valence-corrected chi connectivity index (χ4v) is 6.21. The molecule has 0 saturated carbocycles. The number of carbonyl (C=O) groups excluding carboxylic acids is 2. The van der Waals surface area contributed by atoms with Crippen LogP contribution in [0.5, 0.6) is 5.75 Å². The van der Waals surface area contributed by atoms with E-state index in [0.29, 0.717) is 36.9 Å². The first-order chi connectivity index (χ1) is 22.5. The zero-order valence-electron chi connectivity index (χ0n) is 26.5. The number of benzene rings is 3. The molecule has 1 aliphatic rings. The van der Waals surface area contributed by atoms with Crippen LogP contribution in [0.3, 0.4) is 0 Å². The highest BCUT2D eigenvalue weighted by Crippen LogP contribution is 2.33. The molecule has 3 heterocycles. The highest BCUT2D eigenvalue weighted by atomic mass is 16.5. The van der Waals surface area contributed by atoms with E-state index in [-0.39, 0.29) is 18.4 Å². The molecule has 1 saturated heterocycles. The van der Waals surface area contributed by atoms with Crippen LogP contribution in [0.15, 0.2) is 97.7 Å². The largest absolute Gasteiger partial charge is 0.484 e. The molecule has 0 atom stereocenters. The minimum atomic E-state index is -0.0392. The number of likely N-dealkylation sites (tertiary alicyclic amines) is 1. The summed E-state index contributed by atoms with van der Waals surface area (Å²) in [5, 5.41) is 2.24. The molecule has 9 nitrogen and oxygen atoms in total. The van der Waals surface area contributed by atoms with Gasteiger partial charge in [-0.15, -0.1) is 0 Å². The molecule has 46 heavy (non-hydrogen) atoms. The van der Waals surface area contributed by atoms with E-state index >= 15 is 0 Å². The number of carbonyl (C=O) groups is 2. The van der Waals surface area contributed by atoms with E-state index in [0.717, 1.165) is 60.1 Å². The Morgan fingerprint density at radius 1 is 0.935 bits per heavy atom. The molecular weight excluding hydrogens is 578 g/mol. The summed E-state index contributed by atoms with van der Waals surface area (Å²) in [7, 11) is 3.46. The normalized spacial score (nSPS) is 13.7. The first-order valence-corrected chi connectivity index (χ1v) is 15.9. The van der Waals surface area contributed by atoms with E-state index in [2.05, 4.69) is 44.6 Å². The highest BCUT2D eigenvalue weighted by molar-refractivity contribution is 6.06. The molecule has 1 aliphatic heterocycles. The predicted octanol–water partition coefficient (Wildman–Crippen LogP) is 5.59. The van der Waals surface area contributed by atoms with Crippen molar-refractivity contribution in [3.8, 4) is 16.9 Å². The summed E-state index contributed by atoms with van der Waals surface area (Å²) in [6, 6.07) is 23.9. The number of piperidine rings is 1. The lowest BCUT2D eigenvalue weighted by Crippen LogP contribution is -2.41. The Kier molecular flexibility index (Phi) is 9.79. The molecule has 0 aliphatic carbocycles. The molecule has 9 heteroatoms. The lowest BCUT2D eigenvalue weighted by Gasteiger charge is -2.32. The molecule has 3 aromatic carbocycles. The van der Waals surface area contributed by atoms with Gasteiger partial charge in [0.05, 0.1) is 30.7 Å². The molecule has 0 N–H and O–H groups in total. The minimum Gasteiger partial charge on any atom is -0.484 e. The van der Waals surface area contributed by atoms with Gasteiger partial charge < -0.3 is 28.4 Å². The number of nitrogens with zero attached hydrogens (tertiary/aromatic N) is 5. The minimum absolute atomic E-state index is 0.0263. The van der Waals surface area contributed by atoms with Crippen molar-refractivity contribution in [1.82, 2.24) is 23.9 Å². The zero-order chi connectivity index (χ0) is 31.9. The number of imidazole rings is 1. The number of fused-ring (bicyclic) bond motifs is 1. The van der Waals surface area contributed by atoms with Crippen molar-refractivity contribution in [2.45, 2.75) is 25.9 Å². The smallest absolute Gasteiger partial charge is 0.260 e. The Hall–Kier alpha value is -4.89. The van der Waals surface area contributed by atoms with Crippen LogP contribution < -0.4 is 4.74 Å². The molecule has 5 aromatic rings. The number of hydrogen-bond donors (Lipinski definition) is 0. The molecule has 0 bridgehead atoms. The molecule has 238 valence electrons. The van der Waals surface area contributed by atoms with Gasteiger partial charge in [-0.3, -0.25) is 9.59 Å². The van der Waals surface area contributed by atoms with E-state index in [4.69, 9.17) is 9.47 Å². The van der Waals surface area contributed by atoms with Crippen molar-refractivity contribution >= 4 is 22.6 Å². The van der Waals surface area contributed by atoms with Gasteiger partial charge in [0, 0.05) is 64.5 Å². The predicted molar refractivity (Wildman–Crippen MR) is 179 cm³/mol. The lowest BCUT2D eigenvalue weighted by atomic mass is 9.96. The number of likely N-dealkylation sites (N-methyl/N-ethyl adjacent to an activating group) is 1. The Morgan fingerprint density at radius 2 is 1.70 bits per heavy atom. The van der Waals surface area contributed by atoms with Crippen molar-refractivity contribution in [2.24, 2.45) is 5.92 Å². The first kappa shape index (κ1) is 31.1. The zero-order valence-corrected chi connectivity index (χ0v) is 26.5. The van der Waals surface area contributed by atoms with Gasteiger partial charge in [-0.1, -0.05) is 60.7 Å². The monoisotopic (exact) mass is 619 g/mol. The number of ether oxygens (including phenoxy) is 2. The Bertz CT molecular complexity index is 1770. The summed E-state index contributed by atoms with van der Waals surface area (Å²) in [6.07, 6.45) is 9.69. The molecule has 6 rings (SSSR count). The maximum absolute atomic E-state index is 13.7. The highest BCUT2D eigenvalue weighted by Gasteiger charge is 2.25. The van der Waals surface area contributed by atoms with Crippen LogP contribution in [0, 0.1) is 5.92 Å². The maximum atomic E-state index is 13.7. The second kappa shape index (κ2) is 14.5. The Labute approximate surface area is 270 Å². The van der Waals surface area contributed by atoms with E-state index in [1.54, 1.807) is 12.0 Å². The summed E-state index contributed by atoms with van der Waals surface area (Å²) < 4.78 is 15.2. The van der Waals surface area contributed by atoms with Crippen molar-refractivity contribution in [1.29, 1.82) is 0 Å². The van der Waals surface area contributed by atoms with Crippen molar-refractivity contribution in [3.05, 3.63) is 109 Å². The Balaban J connectivity index is 1.15. The van der Waals surface area contributed by atoms with Gasteiger partial charge in [0.15, 0.2) is 6.61 Å². The van der Waals surface area contributed by atoms with Crippen LogP contribution in [0.25, 0.3) is 21.9 Å². The van der Waals surface area contributed by atoms with E-state index in [1.807, 2.05) is 79.2 Å². The van der Waals surface area contributed by atoms with E-state index in [9.17, 15) is 9.59 Å².